The Morgan fingerprint density at radius 1 is 0.520 bits per heavy atom. The minimum absolute atomic E-state index is 0.0736. The van der Waals surface area contributed by atoms with Gasteiger partial charge < -0.3 is 10.2 Å². The van der Waals surface area contributed by atoms with Crippen LogP contribution in [0.15, 0.2) is 0 Å². The van der Waals surface area contributed by atoms with E-state index in [2.05, 4.69) is 13.8 Å². The quantitative estimate of drug-likeness (QED) is 0.243. The second-order valence-corrected chi connectivity index (χ2v) is 11.7. The van der Waals surface area contributed by atoms with Gasteiger partial charge in [-0.25, -0.2) is 0 Å². The average molecular weight is 463 g/mol. The predicted octanol–water partition coefficient (Wildman–Crippen LogP) is 5.76. The first-order valence-corrected chi connectivity index (χ1v) is 14.9. The molecule has 0 bridgehead atoms. The van der Waals surface area contributed by atoms with Crippen molar-refractivity contribution in [1.82, 2.24) is 0 Å². The molecule has 0 amide bonds. The first-order chi connectivity index (χ1) is 11.9. The van der Waals surface area contributed by atoms with Gasteiger partial charge >= 0.3 is 121 Å². The van der Waals surface area contributed by atoms with Crippen LogP contribution in [0.5, 0.6) is 0 Å². The summed E-state index contributed by atoms with van der Waals surface area (Å²) in [4.78, 5) is 0. The van der Waals surface area contributed by atoms with Crippen molar-refractivity contribution >= 4 is 21.1 Å². The summed E-state index contributed by atoms with van der Waals surface area (Å²) in [5, 5.41) is 19.1. The van der Waals surface area contributed by atoms with E-state index in [1.165, 1.54) is 64.2 Å². The van der Waals surface area contributed by atoms with Gasteiger partial charge in [0.25, 0.3) is 0 Å². The molecule has 0 aromatic rings. The molecule has 0 radical (unpaired) electrons. The molecule has 0 aromatic heterocycles. The Kier molecular flexibility index (Phi) is 35.9. The SMILES string of the molecule is CC(C)[O-].CC(C)[O-].CCCCCCC[CH2][Sn+2][CH2]CCCCCCC. The Hall–Kier alpha value is 0.719. The van der Waals surface area contributed by atoms with E-state index in [-0.39, 0.29) is 21.1 Å². The first-order valence-electron chi connectivity index (χ1n) is 10.9. The summed E-state index contributed by atoms with van der Waals surface area (Å²) in [5.41, 5.74) is 0. The van der Waals surface area contributed by atoms with E-state index in [4.69, 9.17) is 0 Å². The second kappa shape index (κ2) is 29.5. The van der Waals surface area contributed by atoms with Crippen LogP contribution in [0.2, 0.25) is 8.87 Å². The number of hydrogen-bond donors (Lipinski definition) is 0. The molecule has 0 fully saturated rings. The number of rotatable bonds is 14. The van der Waals surface area contributed by atoms with Crippen LogP contribution in [0.4, 0.5) is 0 Å². The monoisotopic (exact) mass is 464 g/mol. The molecule has 3 heteroatoms. The van der Waals surface area contributed by atoms with E-state index < -0.39 is 12.2 Å². The van der Waals surface area contributed by atoms with Crippen molar-refractivity contribution in [2.75, 3.05) is 0 Å². The number of unbranched alkanes of at least 4 members (excludes halogenated alkanes) is 10. The van der Waals surface area contributed by atoms with Crippen molar-refractivity contribution < 1.29 is 10.2 Å². The summed E-state index contributed by atoms with van der Waals surface area (Å²) in [6.45, 7) is 11.0. The molecule has 0 aromatic carbocycles. The summed E-state index contributed by atoms with van der Waals surface area (Å²) in [7, 11) is 0. The van der Waals surface area contributed by atoms with Crippen molar-refractivity contribution in [2.45, 2.75) is 140 Å². The molecule has 25 heavy (non-hydrogen) atoms. The first kappa shape index (κ1) is 30.4. The van der Waals surface area contributed by atoms with E-state index in [9.17, 15) is 10.2 Å². The van der Waals surface area contributed by atoms with Crippen LogP contribution in [-0.2, 0) is 0 Å². The zero-order valence-corrected chi connectivity index (χ0v) is 21.2. The topological polar surface area (TPSA) is 46.1 Å². The summed E-state index contributed by atoms with van der Waals surface area (Å²) >= 11 is 0.0736. The summed E-state index contributed by atoms with van der Waals surface area (Å²) in [6, 6.07) is 0. The second-order valence-electron chi connectivity index (χ2n) is 7.38. The maximum atomic E-state index is 9.53. The molecule has 0 aliphatic heterocycles. The van der Waals surface area contributed by atoms with Gasteiger partial charge in [0.15, 0.2) is 0 Å². The van der Waals surface area contributed by atoms with Crippen molar-refractivity contribution in [3.8, 4) is 0 Å². The van der Waals surface area contributed by atoms with Crippen molar-refractivity contribution in [1.29, 1.82) is 0 Å². The van der Waals surface area contributed by atoms with Crippen LogP contribution in [0, 0.1) is 0 Å². The fourth-order valence-corrected chi connectivity index (χ4v) is 5.75. The van der Waals surface area contributed by atoms with Crippen LogP contribution in [-0.4, -0.2) is 33.4 Å². The average Bonchev–Trinajstić information content (AvgIpc) is 2.51. The molecule has 0 rings (SSSR count). The molecule has 0 aliphatic carbocycles. The van der Waals surface area contributed by atoms with E-state index in [0.717, 1.165) is 0 Å². The van der Waals surface area contributed by atoms with Gasteiger partial charge in [-0.3, -0.25) is 0 Å². The molecule has 2 nitrogen and oxygen atoms in total. The number of hydrogen-bond acceptors (Lipinski definition) is 2. The summed E-state index contributed by atoms with van der Waals surface area (Å²) in [6.07, 6.45) is 17.0. The zero-order valence-electron chi connectivity index (χ0n) is 18.4. The molecule has 0 atom stereocenters. The fourth-order valence-electron chi connectivity index (χ4n) is 2.19. The molecular weight excluding hydrogens is 415 g/mol. The van der Waals surface area contributed by atoms with E-state index in [0.29, 0.717) is 0 Å². The third kappa shape index (κ3) is 58.9. The summed E-state index contributed by atoms with van der Waals surface area (Å²) < 4.78 is 3.31. The Bertz CT molecular complexity index is 171. The molecule has 0 unspecified atom stereocenters. The Morgan fingerprint density at radius 2 is 0.760 bits per heavy atom. The van der Waals surface area contributed by atoms with Gasteiger partial charge in [0.2, 0.25) is 0 Å². The van der Waals surface area contributed by atoms with Gasteiger partial charge in [-0.05, 0) is 0 Å². The Labute approximate surface area is 170 Å². The molecule has 0 saturated heterocycles. The van der Waals surface area contributed by atoms with Crippen molar-refractivity contribution in [3.63, 3.8) is 0 Å². The van der Waals surface area contributed by atoms with Gasteiger partial charge in [0.1, 0.15) is 0 Å². The molecular formula is C22H48O2Sn. The Morgan fingerprint density at radius 3 is 1.04 bits per heavy atom. The molecule has 0 spiro atoms. The van der Waals surface area contributed by atoms with Crippen molar-refractivity contribution in [3.05, 3.63) is 0 Å². The normalized spacial score (nSPS) is 10.0. The van der Waals surface area contributed by atoms with Crippen LogP contribution in [0.25, 0.3) is 0 Å². The fraction of sp³-hybridized carbons (Fsp3) is 1.00. The molecule has 0 heterocycles. The van der Waals surface area contributed by atoms with Crippen LogP contribution in [0.3, 0.4) is 0 Å². The van der Waals surface area contributed by atoms with Gasteiger partial charge in [-0.2, -0.15) is 0 Å². The standard InChI is InChI=1S/2C8H17.2C3H7O.Sn/c2*1-3-5-7-8-6-4-2;2*1-3(2)4;/h2*1,3-8H2,2H3;2*3H,1-2H3;/q;;2*-1;+2. The zero-order chi connectivity index (χ0) is 19.8. The minimum atomic E-state index is -0.417. The van der Waals surface area contributed by atoms with Crippen LogP contribution < -0.4 is 10.2 Å². The van der Waals surface area contributed by atoms with Crippen LogP contribution >= 0.6 is 0 Å². The van der Waals surface area contributed by atoms with E-state index in [1.807, 2.05) is 0 Å². The molecule has 152 valence electrons. The predicted molar refractivity (Wildman–Crippen MR) is 112 cm³/mol. The molecule has 0 aliphatic rings. The third-order valence-corrected chi connectivity index (χ3v) is 7.45. The van der Waals surface area contributed by atoms with Gasteiger partial charge in [0.05, 0.1) is 0 Å². The maximum absolute atomic E-state index is 9.53. The summed E-state index contributed by atoms with van der Waals surface area (Å²) in [5.74, 6) is 0. The van der Waals surface area contributed by atoms with Crippen LogP contribution in [0.1, 0.15) is 119 Å². The van der Waals surface area contributed by atoms with Gasteiger partial charge in [-0.15, -0.1) is 12.2 Å². The van der Waals surface area contributed by atoms with Gasteiger partial charge in [0, 0.05) is 0 Å². The van der Waals surface area contributed by atoms with E-state index in [1.54, 1.807) is 49.4 Å². The van der Waals surface area contributed by atoms with Crippen molar-refractivity contribution in [2.24, 2.45) is 0 Å². The molecule has 0 saturated carbocycles. The molecule has 0 N–H and O–H groups in total. The van der Waals surface area contributed by atoms with E-state index >= 15 is 0 Å². The Balaban J connectivity index is -0.000000503. The van der Waals surface area contributed by atoms with Gasteiger partial charge in [-0.1, -0.05) is 27.7 Å². The third-order valence-electron chi connectivity index (χ3n) is 3.41.